The van der Waals surface area contributed by atoms with E-state index in [9.17, 15) is 4.79 Å². The van der Waals surface area contributed by atoms with Crippen LogP contribution in [0.25, 0.3) is 0 Å². The highest BCUT2D eigenvalue weighted by molar-refractivity contribution is 6.33. The Balaban J connectivity index is 2.13. The second kappa shape index (κ2) is 7.09. The largest absolute Gasteiger partial charge is 0.370 e. The monoisotopic (exact) mass is 310 g/mol. The van der Waals surface area contributed by atoms with Crippen LogP contribution in [0.5, 0.6) is 0 Å². The van der Waals surface area contributed by atoms with E-state index >= 15 is 0 Å². The zero-order valence-corrected chi connectivity index (χ0v) is 13.7. The van der Waals surface area contributed by atoms with E-state index < -0.39 is 0 Å². The number of rotatable bonds is 4. The summed E-state index contributed by atoms with van der Waals surface area (Å²) in [7, 11) is 3.95. The highest BCUT2D eigenvalue weighted by Crippen LogP contribution is 2.21. The van der Waals surface area contributed by atoms with Crippen molar-refractivity contribution in [2.75, 3.05) is 39.0 Å². The Bertz CT molecular complexity index is 500. The second-order valence-corrected chi connectivity index (χ2v) is 5.91. The van der Waals surface area contributed by atoms with Crippen LogP contribution in [0, 0.1) is 0 Å². The van der Waals surface area contributed by atoms with Crippen molar-refractivity contribution in [2.45, 2.75) is 25.8 Å². The summed E-state index contributed by atoms with van der Waals surface area (Å²) in [6, 6.07) is 3.77. The molecular weight excluding hydrogens is 288 g/mol. The number of nitrogens with one attached hydrogen (secondary N) is 1. The average Bonchev–Trinajstić information content (AvgIpc) is 2.49. The number of nitrogens with zero attached hydrogens (tertiary/aromatic N) is 3. The van der Waals surface area contributed by atoms with Crippen molar-refractivity contribution in [3.8, 4) is 0 Å². The fourth-order valence-corrected chi connectivity index (χ4v) is 2.77. The van der Waals surface area contributed by atoms with Gasteiger partial charge in [-0.25, -0.2) is 4.98 Å². The molecule has 1 fully saturated rings. The van der Waals surface area contributed by atoms with Gasteiger partial charge in [0.05, 0.1) is 5.02 Å². The number of likely N-dealkylation sites (tertiary alicyclic amines) is 1. The van der Waals surface area contributed by atoms with Crippen molar-refractivity contribution < 1.29 is 4.79 Å². The number of hydrogen-bond donors (Lipinski definition) is 1. The van der Waals surface area contributed by atoms with Gasteiger partial charge in [0.25, 0.3) is 5.91 Å². The first-order chi connectivity index (χ1) is 10.0. The molecule has 1 aromatic rings. The van der Waals surface area contributed by atoms with Crippen LogP contribution in [0.2, 0.25) is 5.02 Å². The summed E-state index contributed by atoms with van der Waals surface area (Å²) in [6.45, 7) is 4.78. The molecule has 0 aromatic carbocycles. The van der Waals surface area contributed by atoms with Gasteiger partial charge < -0.3 is 15.1 Å². The Kier molecular flexibility index (Phi) is 5.42. The number of aromatic nitrogens is 1. The van der Waals surface area contributed by atoms with Crippen LogP contribution in [0.1, 0.15) is 30.3 Å². The number of hydrogen-bond acceptors (Lipinski definition) is 4. The average molecular weight is 311 g/mol. The van der Waals surface area contributed by atoms with Gasteiger partial charge in [0, 0.05) is 19.6 Å². The molecule has 1 amide bonds. The van der Waals surface area contributed by atoms with Crippen molar-refractivity contribution >= 4 is 23.3 Å². The summed E-state index contributed by atoms with van der Waals surface area (Å²) >= 11 is 6.15. The van der Waals surface area contributed by atoms with Crippen molar-refractivity contribution in [3.63, 3.8) is 0 Å². The van der Waals surface area contributed by atoms with Crippen LogP contribution < -0.4 is 5.32 Å². The van der Waals surface area contributed by atoms with Crippen LogP contribution in [-0.4, -0.2) is 60.5 Å². The normalized spacial score (nSPS) is 16.8. The van der Waals surface area contributed by atoms with Crippen molar-refractivity contribution in [2.24, 2.45) is 0 Å². The van der Waals surface area contributed by atoms with E-state index in [4.69, 9.17) is 11.6 Å². The van der Waals surface area contributed by atoms with E-state index in [1.807, 2.05) is 14.0 Å². The Labute approximate surface area is 131 Å². The number of halogens is 1. The zero-order chi connectivity index (χ0) is 15.4. The maximum atomic E-state index is 12.6. The molecule has 1 aliphatic heterocycles. The van der Waals surface area contributed by atoms with Gasteiger partial charge in [0.15, 0.2) is 0 Å². The van der Waals surface area contributed by atoms with E-state index in [0.29, 0.717) is 16.5 Å². The molecule has 0 aliphatic carbocycles. The highest BCUT2D eigenvalue weighted by Gasteiger charge is 2.26. The van der Waals surface area contributed by atoms with Crippen molar-refractivity contribution in [3.05, 3.63) is 22.8 Å². The highest BCUT2D eigenvalue weighted by atomic mass is 35.5. The predicted molar refractivity (Wildman–Crippen MR) is 86.0 cm³/mol. The molecule has 1 saturated heterocycles. The maximum Gasteiger partial charge on any atom is 0.274 e. The van der Waals surface area contributed by atoms with Crippen LogP contribution >= 0.6 is 11.6 Å². The Morgan fingerprint density at radius 1 is 1.48 bits per heavy atom. The summed E-state index contributed by atoms with van der Waals surface area (Å²) < 4.78 is 0. The molecule has 0 unspecified atom stereocenters. The fraction of sp³-hybridized carbons (Fsp3) is 0.600. The zero-order valence-electron chi connectivity index (χ0n) is 12.9. The van der Waals surface area contributed by atoms with Gasteiger partial charge in [-0.3, -0.25) is 4.79 Å². The van der Waals surface area contributed by atoms with Gasteiger partial charge in [-0.05, 0) is 52.0 Å². The molecule has 2 heterocycles. The van der Waals surface area contributed by atoms with E-state index in [0.717, 1.165) is 32.5 Å². The third kappa shape index (κ3) is 3.86. The van der Waals surface area contributed by atoms with Crippen LogP contribution in [0.4, 0.5) is 5.82 Å². The molecular formula is C15H23ClN4O. The standard InChI is InChI=1S/C15H23ClN4O/c1-4-17-13-6-5-12(16)14(18-13)15(21)20(3)11-7-9-19(2)10-8-11/h5-6,11H,4,7-10H2,1-3H3,(H,17,18). The minimum absolute atomic E-state index is 0.102. The second-order valence-electron chi connectivity index (χ2n) is 5.51. The summed E-state index contributed by atoms with van der Waals surface area (Å²) in [5.41, 5.74) is 0.330. The third-order valence-corrected chi connectivity index (χ3v) is 4.27. The lowest BCUT2D eigenvalue weighted by molar-refractivity contribution is 0.0654. The Hall–Kier alpha value is -1.33. The molecule has 0 atom stereocenters. The summed E-state index contributed by atoms with van der Waals surface area (Å²) in [4.78, 5) is 21.1. The number of pyridine rings is 1. The fourth-order valence-electron chi connectivity index (χ4n) is 2.59. The Morgan fingerprint density at radius 2 is 2.14 bits per heavy atom. The molecule has 0 spiro atoms. The number of piperidine rings is 1. The molecule has 1 N–H and O–H groups in total. The van der Waals surface area contributed by atoms with Gasteiger partial charge in [-0.15, -0.1) is 0 Å². The van der Waals surface area contributed by atoms with E-state index in [2.05, 4.69) is 22.2 Å². The summed E-state index contributed by atoms with van der Waals surface area (Å²) in [6.07, 6.45) is 1.98. The third-order valence-electron chi connectivity index (χ3n) is 3.96. The van der Waals surface area contributed by atoms with Gasteiger partial charge in [-0.1, -0.05) is 11.6 Å². The van der Waals surface area contributed by atoms with E-state index in [-0.39, 0.29) is 11.9 Å². The molecule has 0 bridgehead atoms. The van der Waals surface area contributed by atoms with Crippen LogP contribution in [0.3, 0.4) is 0 Å². The van der Waals surface area contributed by atoms with Gasteiger partial charge in [0.2, 0.25) is 0 Å². The molecule has 0 saturated carbocycles. The lowest BCUT2D eigenvalue weighted by Gasteiger charge is -2.35. The van der Waals surface area contributed by atoms with Crippen LogP contribution in [-0.2, 0) is 0 Å². The number of carbonyl (C=O) groups excluding carboxylic acids is 1. The topological polar surface area (TPSA) is 48.5 Å². The van der Waals surface area contributed by atoms with Gasteiger partial charge in [0.1, 0.15) is 11.5 Å². The molecule has 21 heavy (non-hydrogen) atoms. The number of amides is 1. The van der Waals surface area contributed by atoms with Crippen molar-refractivity contribution in [1.82, 2.24) is 14.8 Å². The first-order valence-corrected chi connectivity index (χ1v) is 7.76. The van der Waals surface area contributed by atoms with Crippen molar-refractivity contribution in [1.29, 1.82) is 0 Å². The lowest BCUT2D eigenvalue weighted by Crippen LogP contribution is -2.44. The molecule has 5 nitrogen and oxygen atoms in total. The molecule has 2 rings (SSSR count). The lowest BCUT2D eigenvalue weighted by atomic mass is 10.0. The first kappa shape index (κ1) is 16.0. The first-order valence-electron chi connectivity index (χ1n) is 7.39. The quantitative estimate of drug-likeness (QED) is 0.927. The number of anilines is 1. The molecule has 0 radical (unpaired) electrons. The van der Waals surface area contributed by atoms with Gasteiger partial charge in [-0.2, -0.15) is 0 Å². The molecule has 116 valence electrons. The van der Waals surface area contributed by atoms with Crippen LogP contribution in [0.15, 0.2) is 12.1 Å². The minimum Gasteiger partial charge on any atom is -0.370 e. The van der Waals surface area contributed by atoms with E-state index in [1.165, 1.54) is 0 Å². The predicted octanol–water partition coefficient (Wildman–Crippen LogP) is 2.33. The molecule has 1 aromatic heterocycles. The maximum absolute atomic E-state index is 12.6. The summed E-state index contributed by atoms with van der Waals surface area (Å²) in [5.74, 6) is 0.580. The SMILES string of the molecule is CCNc1ccc(Cl)c(C(=O)N(C)C2CCN(C)CC2)n1. The Morgan fingerprint density at radius 3 is 2.76 bits per heavy atom. The summed E-state index contributed by atoms with van der Waals surface area (Å²) in [5, 5.41) is 3.51. The molecule has 6 heteroatoms. The van der Waals surface area contributed by atoms with E-state index in [1.54, 1.807) is 17.0 Å². The molecule has 1 aliphatic rings. The van der Waals surface area contributed by atoms with Gasteiger partial charge >= 0.3 is 0 Å². The minimum atomic E-state index is -0.102. The number of carbonyl (C=O) groups is 1. The smallest absolute Gasteiger partial charge is 0.274 e.